The molecule has 1 aromatic heterocycles. The minimum absolute atomic E-state index is 0.0379. The Bertz CT molecular complexity index is 380. The van der Waals surface area contributed by atoms with Crippen molar-refractivity contribution < 1.29 is 4.79 Å². The molecular weight excluding hydrogens is 202 g/mol. The molecule has 1 aromatic rings. The number of rotatable bonds is 1. The van der Waals surface area contributed by atoms with Crippen LogP contribution in [0.5, 0.6) is 0 Å². The van der Waals surface area contributed by atoms with Gasteiger partial charge in [-0.2, -0.15) is 0 Å². The maximum atomic E-state index is 11.5. The van der Waals surface area contributed by atoms with Gasteiger partial charge in [-0.1, -0.05) is 18.5 Å². The van der Waals surface area contributed by atoms with Crippen LogP contribution < -0.4 is 10.6 Å². The lowest BCUT2D eigenvalue weighted by Gasteiger charge is -2.24. The van der Waals surface area contributed by atoms with E-state index in [2.05, 4.69) is 15.6 Å². The Morgan fingerprint density at radius 1 is 1.64 bits per heavy atom. The van der Waals surface area contributed by atoms with Gasteiger partial charge in [-0.15, -0.1) is 0 Å². The van der Waals surface area contributed by atoms with E-state index < -0.39 is 0 Å². The highest BCUT2D eigenvalue weighted by Gasteiger charge is 2.24. The maximum absolute atomic E-state index is 11.5. The summed E-state index contributed by atoms with van der Waals surface area (Å²) >= 11 is 5.75. The first-order valence-electron chi connectivity index (χ1n) is 4.43. The van der Waals surface area contributed by atoms with Crippen molar-refractivity contribution in [3.8, 4) is 0 Å². The molecule has 0 radical (unpaired) electrons. The Kier molecular flexibility index (Phi) is 2.29. The number of hydrogen-bond donors (Lipinski definition) is 2. The van der Waals surface area contributed by atoms with Crippen LogP contribution in [0.2, 0.25) is 5.02 Å². The zero-order chi connectivity index (χ0) is 10.1. The molecule has 1 aliphatic heterocycles. The van der Waals surface area contributed by atoms with E-state index in [9.17, 15) is 4.79 Å². The number of nitrogens with zero attached hydrogens (tertiary/aromatic N) is 1. The summed E-state index contributed by atoms with van der Waals surface area (Å²) in [6.45, 7) is 1.94. The summed E-state index contributed by atoms with van der Waals surface area (Å²) in [6.07, 6.45) is 2.28. The highest BCUT2D eigenvalue weighted by atomic mass is 35.5. The van der Waals surface area contributed by atoms with Crippen molar-refractivity contribution in [3.63, 3.8) is 0 Å². The highest BCUT2D eigenvalue weighted by Crippen LogP contribution is 2.27. The fourth-order valence-corrected chi connectivity index (χ4v) is 1.55. The summed E-state index contributed by atoms with van der Waals surface area (Å²) < 4.78 is 0. The number of carbonyl (C=O) groups is 1. The van der Waals surface area contributed by atoms with Gasteiger partial charge in [-0.25, -0.2) is 4.98 Å². The van der Waals surface area contributed by atoms with Crippen LogP contribution in [-0.4, -0.2) is 16.9 Å². The SMILES string of the molecule is CCC1Nc2ncc(Cl)cc2NC1=O. The van der Waals surface area contributed by atoms with Gasteiger partial charge < -0.3 is 10.6 Å². The molecule has 1 unspecified atom stereocenters. The molecular formula is C9H10ClN3O. The number of nitrogens with one attached hydrogen (secondary N) is 2. The van der Waals surface area contributed by atoms with Gasteiger partial charge in [-0.05, 0) is 12.5 Å². The second kappa shape index (κ2) is 3.46. The van der Waals surface area contributed by atoms with Crippen molar-refractivity contribution in [3.05, 3.63) is 17.3 Å². The number of anilines is 2. The first kappa shape index (κ1) is 9.27. The van der Waals surface area contributed by atoms with Gasteiger partial charge in [0.1, 0.15) is 6.04 Å². The molecule has 0 spiro atoms. The standard InChI is InChI=1S/C9H10ClN3O/c1-2-6-9(14)13-7-3-5(10)4-11-8(7)12-6/h3-4,6H,2H2,1H3,(H,11,12)(H,13,14). The molecule has 0 bridgehead atoms. The number of carbonyl (C=O) groups excluding carboxylic acids is 1. The predicted molar refractivity (Wildman–Crippen MR) is 55.6 cm³/mol. The molecule has 1 amide bonds. The smallest absolute Gasteiger partial charge is 0.246 e. The van der Waals surface area contributed by atoms with E-state index in [0.29, 0.717) is 16.5 Å². The molecule has 2 N–H and O–H groups in total. The van der Waals surface area contributed by atoms with Gasteiger partial charge in [0, 0.05) is 6.20 Å². The van der Waals surface area contributed by atoms with Crippen molar-refractivity contribution in [1.29, 1.82) is 0 Å². The molecule has 0 saturated carbocycles. The van der Waals surface area contributed by atoms with Gasteiger partial charge in [-0.3, -0.25) is 4.79 Å². The van der Waals surface area contributed by atoms with Crippen molar-refractivity contribution in [2.24, 2.45) is 0 Å². The van der Waals surface area contributed by atoms with Crippen LogP contribution in [0.3, 0.4) is 0 Å². The summed E-state index contributed by atoms with van der Waals surface area (Å²) in [5.41, 5.74) is 0.646. The van der Waals surface area contributed by atoms with Gasteiger partial charge >= 0.3 is 0 Å². The molecule has 5 heteroatoms. The molecule has 1 aliphatic rings. The predicted octanol–water partition coefficient (Wildman–Crippen LogP) is 1.88. The minimum Gasteiger partial charge on any atom is -0.357 e. The van der Waals surface area contributed by atoms with Crippen LogP contribution in [0.25, 0.3) is 0 Å². The lowest BCUT2D eigenvalue weighted by atomic mass is 10.1. The Balaban J connectivity index is 2.35. The van der Waals surface area contributed by atoms with E-state index in [0.717, 1.165) is 6.42 Å². The fourth-order valence-electron chi connectivity index (χ4n) is 1.39. The monoisotopic (exact) mass is 211 g/mol. The van der Waals surface area contributed by atoms with E-state index in [-0.39, 0.29) is 11.9 Å². The molecule has 0 fully saturated rings. The van der Waals surface area contributed by atoms with Crippen molar-refractivity contribution in [2.45, 2.75) is 19.4 Å². The highest BCUT2D eigenvalue weighted by molar-refractivity contribution is 6.31. The Morgan fingerprint density at radius 3 is 3.14 bits per heavy atom. The number of hydrogen-bond acceptors (Lipinski definition) is 3. The Morgan fingerprint density at radius 2 is 2.43 bits per heavy atom. The van der Waals surface area contributed by atoms with Gasteiger partial charge in [0.05, 0.1) is 10.7 Å². The molecule has 1 atom stereocenters. The molecule has 74 valence electrons. The second-order valence-electron chi connectivity index (χ2n) is 3.14. The molecule has 0 saturated heterocycles. The van der Waals surface area contributed by atoms with E-state index in [4.69, 9.17) is 11.6 Å². The average molecular weight is 212 g/mol. The maximum Gasteiger partial charge on any atom is 0.246 e. The summed E-state index contributed by atoms with van der Waals surface area (Å²) in [5, 5.41) is 6.31. The summed E-state index contributed by atoms with van der Waals surface area (Å²) in [5.74, 6) is 0.643. The normalized spacial score (nSPS) is 19.6. The number of fused-ring (bicyclic) bond motifs is 1. The van der Waals surface area contributed by atoms with Crippen molar-refractivity contribution in [2.75, 3.05) is 10.6 Å². The average Bonchev–Trinajstić information content (AvgIpc) is 2.16. The van der Waals surface area contributed by atoms with Crippen molar-refractivity contribution >= 4 is 29.0 Å². The van der Waals surface area contributed by atoms with Crippen LogP contribution in [0, 0.1) is 0 Å². The second-order valence-corrected chi connectivity index (χ2v) is 3.58. The van der Waals surface area contributed by atoms with Crippen LogP contribution in [0.15, 0.2) is 12.3 Å². The van der Waals surface area contributed by atoms with Gasteiger partial charge in [0.25, 0.3) is 0 Å². The largest absolute Gasteiger partial charge is 0.357 e. The van der Waals surface area contributed by atoms with Crippen molar-refractivity contribution in [1.82, 2.24) is 4.98 Å². The van der Waals surface area contributed by atoms with E-state index in [1.54, 1.807) is 12.3 Å². The molecule has 2 heterocycles. The zero-order valence-electron chi connectivity index (χ0n) is 7.67. The first-order chi connectivity index (χ1) is 6.70. The zero-order valence-corrected chi connectivity index (χ0v) is 8.43. The Labute approximate surface area is 86.7 Å². The molecule has 14 heavy (non-hydrogen) atoms. The van der Waals surface area contributed by atoms with Crippen LogP contribution >= 0.6 is 11.6 Å². The minimum atomic E-state index is -0.198. The lowest BCUT2D eigenvalue weighted by Crippen LogP contribution is -2.38. The van der Waals surface area contributed by atoms with Crippen LogP contribution in [0.1, 0.15) is 13.3 Å². The summed E-state index contributed by atoms with van der Waals surface area (Å²) in [7, 11) is 0. The molecule has 2 rings (SSSR count). The number of halogens is 1. The lowest BCUT2D eigenvalue weighted by molar-refractivity contribution is -0.117. The Hall–Kier alpha value is -1.29. The number of amides is 1. The molecule has 4 nitrogen and oxygen atoms in total. The summed E-state index contributed by atoms with van der Waals surface area (Å²) in [4.78, 5) is 15.5. The van der Waals surface area contributed by atoms with Crippen LogP contribution in [-0.2, 0) is 4.79 Å². The number of pyridine rings is 1. The fraction of sp³-hybridized carbons (Fsp3) is 0.333. The summed E-state index contributed by atoms with van der Waals surface area (Å²) in [6, 6.07) is 1.48. The van der Waals surface area contributed by atoms with E-state index in [1.807, 2.05) is 6.92 Å². The van der Waals surface area contributed by atoms with Crippen LogP contribution in [0.4, 0.5) is 11.5 Å². The van der Waals surface area contributed by atoms with E-state index in [1.165, 1.54) is 0 Å². The third-order valence-electron chi connectivity index (χ3n) is 2.15. The van der Waals surface area contributed by atoms with E-state index >= 15 is 0 Å². The third-order valence-corrected chi connectivity index (χ3v) is 2.35. The topological polar surface area (TPSA) is 54.0 Å². The first-order valence-corrected chi connectivity index (χ1v) is 4.81. The third kappa shape index (κ3) is 1.53. The molecule has 0 aromatic carbocycles. The quantitative estimate of drug-likeness (QED) is 0.746. The molecule has 0 aliphatic carbocycles. The van der Waals surface area contributed by atoms with Gasteiger partial charge in [0.15, 0.2) is 5.82 Å². The number of aromatic nitrogens is 1. The van der Waals surface area contributed by atoms with Gasteiger partial charge in [0.2, 0.25) is 5.91 Å².